The lowest BCUT2D eigenvalue weighted by Gasteiger charge is -2.31. The highest BCUT2D eigenvalue weighted by molar-refractivity contribution is 6.31. The molecule has 0 aliphatic carbocycles. The van der Waals surface area contributed by atoms with E-state index in [-0.39, 0.29) is 0 Å². The molecule has 0 atom stereocenters. The van der Waals surface area contributed by atoms with Crippen LogP contribution in [0.5, 0.6) is 0 Å². The van der Waals surface area contributed by atoms with E-state index in [2.05, 4.69) is 11.0 Å². The minimum absolute atomic E-state index is 0.626. The Labute approximate surface area is 101 Å². The Bertz CT molecular complexity index is 351. The van der Waals surface area contributed by atoms with Gasteiger partial charge in [0.1, 0.15) is 0 Å². The van der Waals surface area contributed by atoms with Crippen LogP contribution in [0.25, 0.3) is 0 Å². The molecule has 1 aromatic rings. The largest absolute Gasteiger partial charge is 0.378 e. The lowest BCUT2D eigenvalue weighted by atomic mass is 10.1. The molecule has 2 rings (SSSR count). The highest BCUT2D eigenvalue weighted by Gasteiger charge is 2.15. The van der Waals surface area contributed by atoms with Crippen LogP contribution >= 0.6 is 11.6 Å². The maximum absolute atomic E-state index is 6.21. The topological polar surface area (TPSA) is 38.5 Å². The Kier molecular flexibility index (Phi) is 4.04. The molecule has 1 aliphatic rings. The van der Waals surface area contributed by atoms with Gasteiger partial charge in [0.05, 0.1) is 13.2 Å². The summed E-state index contributed by atoms with van der Waals surface area (Å²) in [5, 5.41) is 0.814. The number of anilines is 1. The van der Waals surface area contributed by atoms with Gasteiger partial charge >= 0.3 is 0 Å². The fourth-order valence-corrected chi connectivity index (χ4v) is 2.30. The standard InChI is InChI=1S/C12H17ClN2O/c13-11-2-1-3-12(10(11)4-5-14)15-6-8-16-9-7-15/h1-3H,4-9,14H2. The Hall–Kier alpha value is -0.770. The number of ether oxygens (including phenoxy) is 1. The number of nitrogens with zero attached hydrogens (tertiary/aromatic N) is 1. The van der Waals surface area contributed by atoms with E-state index in [0.717, 1.165) is 43.3 Å². The number of nitrogens with two attached hydrogens (primary N) is 1. The van der Waals surface area contributed by atoms with Crippen molar-refractivity contribution >= 4 is 17.3 Å². The van der Waals surface area contributed by atoms with Crippen molar-refractivity contribution in [1.29, 1.82) is 0 Å². The maximum Gasteiger partial charge on any atom is 0.0642 e. The van der Waals surface area contributed by atoms with Crippen molar-refractivity contribution in [1.82, 2.24) is 0 Å². The number of halogens is 1. The summed E-state index contributed by atoms with van der Waals surface area (Å²) in [5.74, 6) is 0. The van der Waals surface area contributed by atoms with Crippen molar-refractivity contribution in [2.45, 2.75) is 6.42 Å². The van der Waals surface area contributed by atoms with E-state index < -0.39 is 0 Å². The molecule has 1 aliphatic heterocycles. The van der Waals surface area contributed by atoms with Gasteiger partial charge in [0.2, 0.25) is 0 Å². The first kappa shape index (κ1) is 11.7. The highest BCUT2D eigenvalue weighted by Crippen LogP contribution is 2.28. The molecule has 2 N–H and O–H groups in total. The van der Waals surface area contributed by atoms with Gasteiger partial charge in [-0.1, -0.05) is 17.7 Å². The van der Waals surface area contributed by atoms with Gasteiger partial charge in [0, 0.05) is 23.8 Å². The first-order valence-corrected chi connectivity index (χ1v) is 6.01. The Morgan fingerprint density at radius 3 is 2.75 bits per heavy atom. The molecule has 16 heavy (non-hydrogen) atoms. The van der Waals surface area contributed by atoms with Gasteiger partial charge in [-0.2, -0.15) is 0 Å². The number of benzene rings is 1. The molecular formula is C12H17ClN2O. The summed E-state index contributed by atoms with van der Waals surface area (Å²) in [4.78, 5) is 2.32. The molecule has 1 saturated heterocycles. The second kappa shape index (κ2) is 5.53. The van der Waals surface area contributed by atoms with Crippen molar-refractivity contribution in [3.63, 3.8) is 0 Å². The summed E-state index contributed by atoms with van der Waals surface area (Å²) in [6.45, 7) is 4.06. The Balaban J connectivity index is 2.27. The van der Waals surface area contributed by atoms with E-state index in [1.807, 2.05) is 12.1 Å². The lowest BCUT2D eigenvalue weighted by Crippen LogP contribution is -2.37. The molecule has 1 heterocycles. The van der Waals surface area contributed by atoms with Gasteiger partial charge in [-0.3, -0.25) is 0 Å². The summed E-state index contributed by atoms with van der Waals surface area (Å²) >= 11 is 6.21. The molecule has 0 amide bonds. The molecule has 1 fully saturated rings. The number of hydrogen-bond donors (Lipinski definition) is 1. The molecule has 88 valence electrons. The lowest BCUT2D eigenvalue weighted by molar-refractivity contribution is 0.122. The van der Waals surface area contributed by atoms with Crippen LogP contribution in [0.2, 0.25) is 5.02 Å². The van der Waals surface area contributed by atoms with Crippen molar-refractivity contribution < 1.29 is 4.74 Å². The van der Waals surface area contributed by atoms with Crippen LogP contribution in [0.15, 0.2) is 18.2 Å². The van der Waals surface area contributed by atoms with Crippen LogP contribution in [-0.2, 0) is 11.2 Å². The summed E-state index contributed by atoms with van der Waals surface area (Å²) < 4.78 is 5.35. The third kappa shape index (κ3) is 2.48. The van der Waals surface area contributed by atoms with E-state index in [4.69, 9.17) is 22.1 Å². The van der Waals surface area contributed by atoms with Gasteiger partial charge in [-0.05, 0) is 30.7 Å². The minimum Gasteiger partial charge on any atom is -0.378 e. The fourth-order valence-electron chi connectivity index (χ4n) is 2.04. The van der Waals surface area contributed by atoms with Crippen molar-refractivity contribution in [2.75, 3.05) is 37.7 Å². The van der Waals surface area contributed by atoms with Crippen LogP contribution in [0.4, 0.5) is 5.69 Å². The van der Waals surface area contributed by atoms with Gasteiger partial charge < -0.3 is 15.4 Å². The summed E-state index contributed by atoms with van der Waals surface area (Å²) in [6.07, 6.45) is 0.826. The molecule has 3 nitrogen and oxygen atoms in total. The normalized spacial score (nSPS) is 16.5. The van der Waals surface area contributed by atoms with Crippen LogP contribution in [0, 0.1) is 0 Å². The van der Waals surface area contributed by atoms with Crippen molar-refractivity contribution in [3.05, 3.63) is 28.8 Å². The predicted octanol–water partition coefficient (Wildman–Crippen LogP) is 1.68. The van der Waals surface area contributed by atoms with Crippen molar-refractivity contribution in [2.24, 2.45) is 5.73 Å². The van der Waals surface area contributed by atoms with E-state index in [9.17, 15) is 0 Å². The summed E-state index contributed by atoms with van der Waals surface area (Å²) in [6, 6.07) is 6.03. The second-order valence-electron chi connectivity index (χ2n) is 3.88. The van der Waals surface area contributed by atoms with Gasteiger partial charge in [-0.15, -0.1) is 0 Å². The van der Waals surface area contributed by atoms with E-state index >= 15 is 0 Å². The van der Waals surface area contributed by atoms with E-state index in [1.165, 1.54) is 5.69 Å². The Morgan fingerprint density at radius 1 is 1.31 bits per heavy atom. The maximum atomic E-state index is 6.21. The minimum atomic E-state index is 0.626. The molecule has 0 radical (unpaired) electrons. The van der Waals surface area contributed by atoms with Crippen LogP contribution in [-0.4, -0.2) is 32.8 Å². The van der Waals surface area contributed by atoms with Gasteiger partial charge in [0.25, 0.3) is 0 Å². The molecule has 0 saturated carbocycles. The molecule has 1 aromatic carbocycles. The summed E-state index contributed by atoms with van der Waals surface area (Å²) in [5.41, 5.74) is 8.00. The van der Waals surface area contributed by atoms with Crippen LogP contribution in [0.3, 0.4) is 0 Å². The molecule has 0 aromatic heterocycles. The zero-order chi connectivity index (χ0) is 11.4. The number of hydrogen-bond acceptors (Lipinski definition) is 3. The van der Waals surface area contributed by atoms with E-state index in [0.29, 0.717) is 6.54 Å². The molecule has 4 heteroatoms. The zero-order valence-electron chi connectivity index (χ0n) is 9.29. The average molecular weight is 241 g/mol. The second-order valence-corrected chi connectivity index (χ2v) is 4.28. The molecule has 0 unspecified atom stereocenters. The number of morpholine rings is 1. The fraction of sp³-hybridized carbons (Fsp3) is 0.500. The highest BCUT2D eigenvalue weighted by atomic mass is 35.5. The van der Waals surface area contributed by atoms with Crippen molar-refractivity contribution in [3.8, 4) is 0 Å². The quantitative estimate of drug-likeness (QED) is 0.874. The molecule has 0 bridgehead atoms. The number of rotatable bonds is 3. The predicted molar refractivity (Wildman–Crippen MR) is 67.2 cm³/mol. The van der Waals surface area contributed by atoms with E-state index in [1.54, 1.807) is 0 Å². The molecular weight excluding hydrogens is 224 g/mol. The third-order valence-corrected chi connectivity index (χ3v) is 3.19. The smallest absolute Gasteiger partial charge is 0.0642 e. The Morgan fingerprint density at radius 2 is 2.06 bits per heavy atom. The van der Waals surface area contributed by atoms with Crippen LogP contribution in [0.1, 0.15) is 5.56 Å². The summed E-state index contributed by atoms with van der Waals surface area (Å²) in [7, 11) is 0. The first-order valence-electron chi connectivity index (χ1n) is 5.63. The monoisotopic (exact) mass is 240 g/mol. The third-order valence-electron chi connectivity index (χ3n) is 2.84. The first-order chi connectivity index (χ1) is 7.83. The van der Waals surface area contributed by atoms with Crippen LogP contribution < -0.4 is 10.6 Å². The van der Waals surface area contributed by atoms with Gasteiger partial charge in [-0.25, -0.2) is 0 Å². The van der Waals surface area contributed by atoms with Gasteiger partial charge in [0.15, 0.2) is 0 Å². The zero-order valence-corrected chi connectivity index (χ0v) is 10.0. The SMILES string of the molecule is NCCc1c(Cl)cccc1N1CCOCC1. The molecule has 0 spiro atoms. The average Bonchev–Trinajstić information content (AvgIpc) is 2.33.